The fourth-order valence-corrected chi connectivity index (χ4v) is 1.64. The number of amides is 1. The molecule has 0 spiro atoms. The molecule has 0 fully saturated rings. The number of hydrogen-bond donors (Lipinski definition) is 0. The number of anilines is 2. The van der Waals surface area contributed by atoms with Gasteiger partial charge >= 0.3 is 0 Å². The molecule has 0 radical (unpaired) electrons. The van der Waals surface area contributed by atoms with E-state index in [1.807, 2.05) is 31.1 Å². The SMILES string of the molecule is CN(C)c1ccc2c(c1)N(C)C(=O)C2=O. The summed E-state index contributed by atoms with van der Waals surface area (Å²) in [6, 6.07) is 5.38. The molecule has 0 atom stereocenters. The van der Waals surface area contributed by atoms with Crippen LogP contribution < -0.4 is 9.80 Å². The van der Waals surface area contributed by atoms with Crippen molar-refractivity contribution in [3.63, 3.8) is 0 Å². The van der Waals surface area contributed by atoms with E-state index in [-0.39, 0.29) is 0 Å². The summed E-state index contributed by atoms with van der Waals surface area (Å²) in [5, 5.41) is 0. The summed E-state index contributed by atoms with van der Waals surface area (Å²) in [4.78, 5) is 26.2. The number of ketones is 1. The van der Waals surface area contributed by atoms with E-state index in [1.54, 1.807) is 13.1 Å². The molecule has 1 aliphatic rings. The van der Waals surface area contributed by atoms with Crippen molar-refractivity contribution in [1.29, 1.82) is 0 Å². The van der Waals surface area contributed by atoms with Crippen LogP contribution in [-0.2, 0) is 4.79 Å². The zero-order chi connectivity index (χ0) is 11.2. The number of hydrogen-bond acceptors (Lipinski definition) is 3. The molecule has 1 heterocycles. The lowest BCUT2D eigenvalue weighted by molar-refractivity contribution is -0.114. The minimum atomic E-state index is -0.457. The van der Waals surface area contributed by atoms with E-state index in [0.29, 0.717) is 11.3 Å². The molecule has 0 aromatic heterocycles. The molecule has 1 aliphatic heterocycles. The van der Waals surface area contributed by atoms with Crippen LogP contribution in [0.25, 0.3) is 0 Å². The zero-order valence-corrected chi connectivity index (χ0v) is 8.94. The van der Waals surface area contributed by atoms with Crippen LogP contribution in [0.1, 0.15) is 10.4 Å². The Morgan fingerprint density at radius 2 is 1.87 bits per heavy atom. The zero-order valence-electron chi connectivity index (χ0n) is 8.94. The predicted molar refractivity (Wildman–Crippen MR) is 58.5 cm³/mol. The summed E-state index contributed by atoms with van der Waals surface area (Å²) in [5.74, 6) is -0.876. The summed E-state index contributed by atoms with van der Waals surface area (Å²) in [6.07, 6.45) is 0. The Morgan fingerprint density at radius 3 is 2.47 bits per heavy atom. The van der Waals surface area contributed by atoms with Gasteiger partial charge in [-0.2, -0.15) is 0 Å². The van der Waals surface area contributed by atoms with Gasteiger partial charge in [0.2, 0.25) is 0 Å². The first-order valence-electron chi connectivity index (χ1n) is 4.66. The summed E-state index contributed by atoms with van der Waals surface area (Å²) in [6.45, 7) is 0. The van der Waals surface area contributed by atoms with Crippen molar-refractivity contribution in [2.24, 2.45) is 0 Å². The van der Waals surface area contributed by atoms with Crippen LogP contribution in [0.4, 0.5) is 11.4 Å². The number of likely N-dealkylation sites (N-methyl/N-ethyl adjacent to an activating group) is 1. The number of carbonyl (C=O) groups excluding carboxylic acids is 2. The van der Waals surface area contributed by atoms with Gasteiger partial charge in [-0.05, 0) is 18.2 Å². The number of nitrogens with zero attached hydrogens (tertiary/aromatic N) is 2. The van der Waals surface area contributed by atoms with Crippen LogP contribution in [0.5, 0.6) is 0 Å². The minimum absolute atomic E-state index is 0.419. The van der Waals surface area contributed by atoms with Gasteiger partial charge in [0.1, 0.15) is 0 Å². The minimum Gasteiger partial charge on any atom is -0.378 e. The molecule has 1 amide bonds. The van der Waals surface area contributed by atoms with Crippen LogP contribution in [-0.4, -0.2) is 32.8 Å². The fourth-order valence-electron chi connectivity index (χ4n) is 1.64. The molecule has 2 rings (SSSR count). The van der Waals surface area contributed by atoms with Gasteiger partial charge in [-0.3, -0.25) is 9.59 Å². The second-order valence-corrected chi connectivity index (χ2v) is 3.79. The van der Waals surface area contributed by atoms with Gasteiger partial charge < -0.3 is 9.80 Å². The number of carbonyl (C=O) groups is 2. The number of benzene rings is 1. The van der Waals surface area contributed by atoms with E-state index in [4.69, 9.17) is 0 Å². The van der Waals surface area contributed by atoms with Gasteiger partial charge in [-0.15, -0.1) is 0 Å². The molecule has 1 aromatic carbocycles. The smallest absolute Gasteiger partial charge is 0.299 e. The predicted octanol–water partition coefficient (Wildman–Crippen LogP) is 0.912. The molecular formula is C11H12N2O2. The van der Waals surface area contributed by atoms with Gasteiger partial charge in [0, 0.05) is 26.8 Å². The normalized spacial score (nSPS) is 14.5. The molecule has 4 nitrogen and oxygen atoms in total. The molecule has 78 valence electrons. The van der Waals surface area contributed by atoms with Crippen molar-refractivity contribution in [2.45, 2.75) is 0 Å². The second-order valence-electron chi connectivity index (χ2n) is 3.79. The van der Waals surface area contributed by atoms with E-state index >= 15 is 0 Å². The summed E-state index contributed by atoms with van der Waals surface area (Å²) in [7, 11) is 5.45. The molecule has 4 heteroatoms. The van der Waals surface area contributed by atoms with Gasteiger partial charge in [-0.1, -0.05) is 0 Å². The van der Waals surface area contributed by atoms with E-state index in [2.05, 4.69) is 0 Å². The largest absolute Gasteiger partial charge is 0.378 e. The van der Waals surface area contributed by atoms with Crippen molar-refractivity contribution in [2.75, 3.05) is 30.9 Å². The molecule has 0 unspecified atom stereocenters. The van der Waals surface area contributed by atoms with Crippen LogP contribution in [0.15, 0.2) is 18.2 Å². The first kappa shape index (κ1) is 9.71. The van der Waals surface area contributed by atoms with Crippen LogP contribution in [0, 0.1) is 0 Å². The van der Waals surface area contributed by atoms with E-state index in [0.717, 1.165) is 5.69 Å². The first-order chi connectivity index (χ1) is 7.02. The maximum absolute atomic E-state index is 11.5. The maximum atomic E-state index is 11.5. The number of Topliss-reactive ketones (excluding diaryl/α,β-unsaturated/α-hetero) is 1. The molecule has 1 aromatic rings. The number of fused-ring (bicyclic) bond motifs is 1. The lowest BCUT2D eigenvalue weighted by atomic mass is 10.1. The highest BCUT2D eigenvalue weighted by Crippen LogP contribution is 2.31. The molecule has 0 saturated carbocycles. The molecule has 0 bridgehead atoms. The average molecular weight is 204 g/mol. The van der Waals surface area contributed by atoms with Crippen molar-refractivity contribution >= 4 is 23.1 Å². The topological polar surface area (TPSA) is 40.6 Å². The lowest BCUT2D eigenvalue weighted by Gasteiger charge is -2.15. The second kappa shape index (κ2) is 3.08. The number of rotatable bonds is 1. The van der Waals surface area contributed by atoms with Crippen molar-refractivity contribution in [1.82, 2.24) is 0 Å². The van der Waals surface area contributed by atoms with Crippen LogP contribution >= 0.6 is 0 Å². The highest BCUT2D eigenvalue weighted by Gasteiger charge is 2.33. The highest BCUT2D eigenvalue weighted by molar-refractivity contribution is 6.52. The Labute approximate surface area is 88.1 Å². The molecular weight excluding hydrogens is 192 g/mol. The summed E-state index contributed by atoms with van der Waals surface area (Å²) >= 11 is 0. The summed E-state index contributed by atoms with van der Waals surface area (Å²) in [5.41, 5.74) is 2.16. The fraction of sp³-hybridized carbons (Fsp3) is 0.273. The Kier molecular flexibility index (Phi) is 2.00. The maximum Gasteiger partial charge on any atom is 0.299 e. The van der Waals surface area contributed by atoms with Gasteiger partial charge in [0.25, 0.3) is 11.7 Å². The third-order valence-corrected chi connectivity index (χ3v) is 2.60. The Bertz CT molecular complexity index is 452. The first-order valence-corrected chi connectivity index (χ1v) is 4.66. The Hall–Kier alpha value is -1.84. The molecule has 0 aliphatic carbocycles. The van der Waals surface area contributed by atoms with E-state index in [1.165, 1.54) is 4.90 Å². The van der Waals surface area contributed by atoms with Crippen molar-refractivity contribution < 1.29 is 9.59 Å². The third kappa shape index (κ3) is 1.29. The third-order valence-electron chi connectivity index (χ3n) is 2.60. The van der Waals surface area contributed by atoms with Gasteiger partial charge in [0.15, 0.2) is 0 Å². The van der Waals surface area contributed by atoms with Gasteiger partial charge in [0.05, 0.1) is 11.3 Å². The van der Waals surface area contributed by atoms with E-state index in [9.17, 15) is 9.59 Å². The summed E-state index contributed by atoms with van der Waals surface area (Å²) < 4.78 is 0. The highest BCUT2D eigenvalue weighted by atomic mass is 16.2. The van der Waals surface area contributed by atoms with Crippen LogP contribution in [0.2, 0.25) is 0 Å². The van der Waals surface area contributed by atoms with Gasteiger partial charge in [-0.25, -0.2) is 0 Å². The lowest BCUT2D eigenvalue weighted by Crippen LogP contribution is -2.24. The van der Waals surface area contributed by atoms with Crippen molar-refractivity contribution in [3.8, 4) is 0 Å². The average Bonchev–Trinajstić information content (AvgIpc) is 2.44. The van der Waals surface area contributed by atoms with Crippen molar-refractivity contribution in [3.05, 3.63) is 23.8 Å². The quantitative estimate of drug-likeness (QED) is 0.638. The Balaban J connectivity index is 2.56. The van der Waals surface area contributed by atoms with E-state index < -0.39 is 11.7 Å². The Morgan fingerprint density at radius 1 is 1.20 bits per heavy atom. The molecule has 0 saturated heterocycles. The monoisotopic (exact) mass is 204 g/mol. The molecule has 15 heavy (non-hydrogen) atoms. The van der Waals surface area contributed by atoms with Crippen LogP contribution in [0.3, 0.4) is 0 Å². The standard InChI is InChI=1S/C11H12N2O2/c1-12(2)7-4-5-8-9(6-7)13(3)11(15)10(8)14/h4-6H,1-3H3. The molecule has 0 N–H and O–H groups in total.